The van der Waals surface area contributed by atoms with E-state index < -0.39 is 0 Å². The second-order valence-electron chi connectivity index (χ2n) is 3.43. The van der Waals surface area contributed by atoms with Crippen LogP contribution in [-0.2, 0) is 16.0 Å². The number of esters is 1. The van der Waals surface area contributed by atoms with Gasteiger partial charge in [0.05, 0.1) is 7.11 Å². The zero-order chi connectivity index (χ0) is 12.8. The Morgan fingerprint density at radius 2 is 2.29 bits per heavy atom. The smallest absolute Gasteiger partial charge is 0.319 e. The van der Waals surface area contributed by atoms with Gasteiger partial charge in [-0.05, 0) is 12.8 Å². The summed E-state index contributed by atoms with van der Waals surface area (Å²) in [5, 5.41) is 0.127. The van der Waals surface area contributed by atoms with Crippen molar-refractivity contribution in [3.63, 3.8) is 0 Å². The molecule has 1 N–H and O–H groups in total. The first kappa shape index (κ1) is 13.8. The number of aryl methyl sites for hydroxylation is 1. The highest BCUT2D eigenvalue weighted by molar-refractivity contribution is 8.00. The summed E-state index contributed by atoms with van der Waals surface area (Å²) < 4.78 is 4.68. The van der Waals surface area contributed by atoms with Gasteiger partial charge in [0.2, 0.25) is 0 Å². The third-order valence-corrected chi connectivity index (χ3v) is 3.45. The van der Waals surface area contributed by atoms with E-state index >= 15 is 0 Å². The van der Waals surface area contributed by atoms with Gasteiger partial charge in [-0.3, -0.25) is 9.59 Å². The maximum atomic E-state index is 11.4. The van der Waals surface area contributed by atoms with Crippen LogP contribution in [0.2, 0.25) is 0 Å². The topological polar surface area (TPSA) is 72.0 Å². The predicted octanol–water partition coefficient (Wildman–Crippen LogP) is 1.38. The number of rotatable bonds is 5. The molecule has 17 heavy (non-hydrogen) atoms. The van der Waals surface area contributed by atoms with E-state index in [9.17, 15) is 9.59 Å². The molecule has 0 saturated heterocycles. The summed E-state index contributed by atoms with van der Waals surface area (Å²) in [4.78, 5) is 29.6. The fourth-order valence-corrected chi connectivity index (χ4v) is 2.24. The summed E-state index contributed by atoms with van der Waals surface area (Å²) in [6, 6.07) is 1.46. The Hall–Kier alpha value is -1.30. The van der Waals surface area contributed by atoms with E-state index in [4.69, 9.17) is 0 Å². The van der Waals surface area contributed by atoms with E-state index in [0.29, 0.717) is 18.0 Å². The largest absolute Gasteiger partial charge is 0.468 e. The molecule has 94 valence electrons. The fraction of sp³-hybridized carbons (Fsp3) is 0.545. The predicted molar refractivity (Wildman–Crippen MR) is 66.2 cm³/mol. The molecule has 6 heteroatoms. The number of aromatic amines is 1. The number of thioether (sulfide) groups is 1. The minimum absolute atomic E-state index is 0.195. The van der Waals surface area contributed by atoms with E-state index in [2.05, 4.69) is 14.7 Å². The quantitative estimate of drug-likeness (QED) is 0.489. The van der Waals surface area contributed by atoms with Gasteiger partial charge in [-0.1, -0.05) is 25.6 Å². The molecule has 0 spiro atoms. The number of nitrogens with one attached hydrogen (secondary N) is 1. The summed E-state index contributed by atoms with van der Waals surface area (Å²) >= 11 is 1.22. The van der Waals surface area contributed by atoms with Crippen molar-refractivity contribution >= 4 is 17.7 Å². The molecule has 1 aromatic rings. The van der Waals surface area contributed by atoms with Gasteiger partial charge < -0.3 is 9.72 Å². The number of ether oxygens (including phenoxy) is 1. The van der Waals surface area contributed by atoms with Crippen molar-refractivity contribution in [1.29, 1.82) is 0 Å². The van der Waals surface area contributed by atoms with Gasteiger partial charge in [-0.25, -0.2) is 4.98 Å². The maximum Gasteiger partial charge on any atom is 0.319 e. The lowest BCUT2D eigenvalue weighted by molar-refractivity contribution is -0.140. The number of H-pyrrole nitrogens is 1. The van der Waals surface area contributed by atoms with Crippen molar-refractivity contribution in [1.82, 2.24) is 9.97 Å². The number of methoxy groups -OCH3 is 1. The molecular formula is C11H16N2O3S. The normalized spacial score (nSPS) is 12.2. The third kappa shape index (κ3) is 3.89. The second-order valence-corrected chi connectivity index (χ2v) is 4.62. The van der Waals surface area contributed by atoms with Gasteiger partial charge in [0.15, 0.2) is 5.16 Å². The van der Waals surface area contributed by atoms with E-state index in [1.165, 1.54) is 24.9 Å². The fourth-order valence-electron chi connectivity index (χ4n) is 1.28. The maximum absolute atomic E-state index is 11.4. The molecule has 0 fully saturated rings. The van der Waals surface area contributed by atoms with Gasteiger partial charge in [-0.15, -0.1) is 0 Å². The van der Waals surface area contributed by atoms with Crippen molar-refractivity contribution < 1.29 is 9.53 Å². The lowest BCUT2D eigenvalue weighted by Gasteiger charge is -2.11. The van der Waals surface area contributed by atoms with Crippen LogP contribution in [0.15, 0.2) is 16.0 Å². The van der Waals surface area contributed by atoms with E-state index in [1.807, 2.05) is 13.8 Å². The van der Waals surface area contributed by atoms with Gasteiger partial charge in [0, 0.05) is 11.8 Å². The molecule has 0 aromatic carbocycles. The minimum Gasteiger partial charge on any atom is -0.468 e. The molecule has 0 radical (unpaired) electrons. The highest BCUT2D eigenvalue weighted by atomic mass is 32.2. The van der Waals surface area contributed by atoms with Crippen molar-refractivity contribution in [3.05, 3.63) is 22.1 Å². The van der Waals surface area contributed by atoms with Crippen LogP contribution >= 0.6 is 11.8 Å². The highest BCUT2D eigenvalue weighted by Crippen LogP contribution is 2.22. The van der Waals surface area contributed by atoms with Crippen LogP contribution in [0.1, 0.15) is 26.0 Å². The van der Waals surface area contributed by atoms with Crippen LogP contribution < -0.4 is 5.56 Å². The molecule has 0 aliphatic heterocycles. The number of carbonyl (C=O) groups excluding carboxylic acids is 1. The zero-order valence-corrected chi connectivity index (χ0v) is 11.0. The third-order valence-electron chi connectivity index (χ3n) is 2.22. The standard InChI is InChI=1S/C11H16N2O3S/c1-4-7-6-9(14)13-11(12-7)17-8(5-2)10(15)16-3/h6,8H,4-5H2,1-3H3,(H,12,13,14)/t8-/m0/s1. The Morgan fingerprint density at radius 3 is 2.82 bits per heavy atom. The minimum atomic E-state index is -0.338. The van der Waals surface area contributed by atoms with Crippen molar-refractivity contribution in [2.45, 2.75) is 37.1 Å². The first-order valence-corrected chi connectivity index (χ1v) is 6.33. The molecule has 1 heterocycles. The van der Waals surface area contributed by atoms with Crippen molar-refractivity contribution in [2.75, 3.05) is 7.11 Å². The summed E-state index contributed by atoms with van der Waals surface area (Å²) in [7, 11) is 1.35. The molecule has 5 nitrogen and oxygen atoms in total. The Kier molecular flexibility index (Phi) is 5.21. The van der Waals surface area contributed by atoms with Crippen LogP contribution in [0.25, 0.3) is 0 Å². The molecule has 0 aliphatic carbocycles. The molecule has 1 atom stereocenters. The number of carbonyl (C=O) groups is 1. The SMILES string of the molecule is CCc1cc(=O)[nH]c(S[C@@H](CC)C(=O)OC)n1. The average Bonchev–Trinajstić information content (AvgIpc) is 2.34. The van der Waals surface area contributed by atoms with Crippen LogP contribution in [-0.4, -0.2) is 28.3 Å². The van der Waals surface area contributed by atoms with Crippen LogP contribution in [0.5, 0.6) is 0 Å². The molecule has 1 aromatic heterocycles. The van der Waals surface area contributed by atoms with Crippen LogP contribution in [0.4, 0.5) is 0 Å². The summed E-state index contributed by atoms with van der Waals surface area (Å²) in [5.41, 5.74) is 0.523. The summed E-state index contributed by atoms with van der Waals surface area (Å²) in [6.07, 6.45) is 1.31. The van der Waals surface area contributed by atoms with Gasteiger partial charge in [-0.2, -0.15) is 0 Å². The zero-order valence-electron chi connectivity index (χ0n) is 10.1. The molecule has 0 aliphatic rings. The molecular weight excluding hydrogens is 240 g/mol. The first-order chi connectivity index (χ1) is 8.10. The van der Waals surface area contributed by atoms with E-state index in [0.717, 1.165) is 5.69 Å². The Labute approximate surface area is 104 Å². The van der Waals surface area contributed by atoms with Gasteiger partial charge in [0.25, 0.3) is 5.56 Å². The Bertz CT molecular complexity index is 445. The lowest BCUT2D eigenvalue weighted by Crippen LogP contribution is -2.19. The monoisotopic (exact) mass is 256 g/mol. The highest BCUT2D eigenvalue weighted by Gasteiger charge is 2.19. The first-order valence-electron chi connectivity index (χ1n) is 5.45. The van der Waals surface area contributed by atoms with Gasteiger partial charge in [0.1, 0.15) is 5.25 Å². The molecule has 1 rings (SSSR count). The molecule has 0 unspecified atom stereocenters. The lowest BCUT2D eigenvalue weighted by atomic mass is 10.3. The summed E-state index contributed by atoms with van der Waals surface area (Å²) in [5.74, 6) is -0.304. The molecule has 0 saturated carbocycles. The molecule has 0 bridgehead atoms. The van der Waals surface area contributed by atoms with Crippen molar-refractivity contribution in [3.8, 4) is 0 Å². The van der Waals surface area contributed by atoms with Crippen LogP contribution in [0.3, 0.4) is 0 Å². The van der Waals surface area contributed by atoms with Crippen LogP contribution in [0, 0.1) is 0 Å². The number of hydrogen-bond acceptors (Lipinski definition) is 5. The van der Waals surface area contributed by atoms with E-state index in [-0.39, 0.29) is 16.8 Å². The van der Waals surface area contributed by atoms with Gasteiger partial charge >= 0.3 is 5.97 Å². The number of hydrogen-bond donors (Lipinski definition) is 1. The second kappa shape index (κ2) is 6.44. The molecule has 0 amide bonds. The summed E-state index contributed by atoms with van der Waals surface area (Å²) in [6.45, 7) is 3.81. The Morgan fingerprint density at radius 1 is 1.59 bits per heavy atom. The average molecular weight is 256 g/mol. The Balaban J connectivity index is 2.89. The number of aromatic nitrogens is 2. The van der Waals surface area contributed by atoms with Crippen molar-refractivity contribution in [2.24, 2.45) is 0 Å². The number of nitrogens with zero attached hydrogens (tertiary/aromatic N) is 1. The van der Waals surface area contributed by atoms with E-state index in [1.54, 1.807) is 0 Å².